The summed E-state index contributed by atoms with van der Waals surface area (Å²) in [5.41, 5.74) is 4.35. The number of ketones is 1. The standard InChI is InChI=1S/C13H12ClNOS/c1-8-3-4-10(5-9(8)2)11-7-17-13(15-11)12(16)6-14/h3-5,7H,6H2,1-2H3. The molecule has 88 valence electrons. The minimum absolute atomic E-state index is 0.0140. The number of thiazole rings is 1. The molecule has 0 saturated carbocycles. The Balaban J connectivity index is 2.37. The van der Waals surface area contributed by atoms with E-state index in [0.29, 0.717) is 5.01 Å². The van der Waals surface area contributed by atoms with Gasteiger partial charge in [-0.1, -0.05) is 12.1 Å². The second-order valence-electron chi connectivity index (χ2n) is 3.89. The van der Waals surface area contributed by atoms with Gasteiger partial charge in [0, 0.05) is 10.9 Å². The molecule has 0 radical (unpaired) electrons. The highest BCUT2D eigenvalue weighted by atomic mass is 35.5. The van der Waals surface area contributed by atoms with Crippen LogP contribution in [-0.4, -0.2) is 16.6 Å². The first-order valence-corrected chi connectivity index (χ1v) is 6.65. The van der Waals surface area contributed by atoms with Crippen LogP contribution in [0.25, 0.3) is 11.3 Å². The number of halogens is 1. The van der Waals surface area contributed by atoms with Gasteiger partial charge in [-0.15, -0.1) is 22.9 Å². The van der Waals surface area contributed by atoms with E-state index in [1.807, 2.05) is 11.4 Å². The lowest BCUT2D eigenvalue weighted by Crippen LogP contribution is -1.98. The van der Waals surface area contributed by atoms with E-state index in [2.05, 4.69) is 31.0 Å². The van der Waals surface area contributed by atoms with E-state index >= 15 is 0 Å². The van der Waals surface area contributed by atoms with Gasteiger partial charge in [0.25, 0.3) is 0 Å². The third kappa shape index (κ3) is 2.56. The zero-order chi connectivity index (χ0) is 12.4. The summed E-state index contributed by atoms with van der Waals surface area (Å²) in [6.07, 6.45) is 0. The maximum Gasteiger partial charge on any atom is 0.206 e. The van der Waals surface area contributed by atoms with E-state index < -0.39 is 0 Å². The maximum absolute atomic E-state index is 11.4. The molecule has 4 heteroatoms. The summed E-state index contributed by atoms with van der Waals surface area (Å²) in [6, 6.07) is 6.17. The van der Waals surface area contributed by atoms with Gasteiger partial charge in [0.2, 0.25) is 5.78 Å². The molecule has 1 heterocycles. The summed E-state index contributed by atoms with van der Waals surface area (Å²) in [6.45, 7) is 4.14. The van der Waals surface area contributed by atoms with E-state index in [1.165, 1.54) is 22.5 Å². The highest BCUT2D eigenvalue weighted by molar-refractivity contribution is 7.12. The van der Waals surface area contributed by atoms with Gasteiger partial charge in [0.1, 0.15) is 0 Å². The van der Waals surface area contributed by atoms with Crippen LogP contribution in [0.2, 0.25) is 0 Å². The van der Waals surface area contributed by atoms with Crippen molar-refractivity contribution in [2.24, 2.45) is 0 Å². The fraction of sp³-hybridized carbons (Fsp3) is 0.231. The Morgan fingerprint density at radius 2 is 2.12 bits per heavy atom. The minimum atomic E-state index is -0.119. The van der Waals surface area contributed by atoms with Gasteiger partial charge in [0.15, 0.2) is 5.01 Å². The third-order valence-corrected chi connectivity index (χ3v) is 3.79. The SMILES string of the molecule is Cc1ccc(-c2csc(C(=O)CCl)n2)cc1C. The average Bonchev–Trinajstić information content (AvgIpc) is 2.81. The topological polar surface area (TPSA) is 30.0 Å². The van der Waals surface area contributed by atoms with E-state index in [4.69, 9.17) is 11.6 Å². The van der Waals surface area contributed by atoms with Crippen molar-refractivity contribution in [3.63, 3.8) is 0 Å². The lowest BCUT2D eigenvalue weighted by Gasteiger charge is -2.02. The highest BCUT2D eigenvalue weighted by Gasteiger charge is 2.11. The van der Waals surface area contributed by atoms with Gasteiger partial charge < -0.3 is 0 Å². The predicted molar refractivity (Wildman–Crippen MR) is 72.1 cm³/mol. The monoisotopic (exact) mass is 265 g/mol. The molecule has 0 saturated heterocycles. The van der Waals surface area contributed by atoms with Crippen molar-refractivity contribution in [3.8, 4) is 11.3 Å². The van der Waals surface area contributed by atoms with E-state index in [9.17, 15) is 4.79 Å². The second-order valence-corrected chi connectivity index (χ2v) is 5.02. The van der Waals surface area contributed by atoms with Crippen LogP contribution < -0.4 is 0 Å². The molecular weight excluding hydrogens is 254 g/mol. The van der Waals surface area contributed by atoms with E-state index in [1.54, 1.807) is 0 Å². The molecule has 0 aliphatic carbocycles. The molecule has 0 fully saturated rings. The van der Waals surface area contributed by atoms with Crippen molar-refractivity contribution < 1.29 is 4.79 Å². The Kier molecular flexibility index (Phi) is 3.60. The molecule has 2 nitrogen and oxygen atoms in total. The summed E-state index contributed by atoms with van der Waals surface area (Å²) >= 11 is 6.85. The van der Waals surface area contributed by atoms with Crippen LogP contribution in [0.1, 0.15) is 20.9 Å². The molecule has 1 aromatic heterocycles. The molecule has 0 aliphatic heterocycles. The number of alkyl halides is 1. The maximum atomic E-state index is 11.4. The molecular formula is C13H12ClNOS. The molecule has 2 rings (SSSR count). The molecule has 0 aliphatic rings. The van der Waals surface area contributed by atoms with Gasteiger partial charge in [0.05, 0.1) is 11.6 Å². The van der Waals surface area contributed by atoms with Gasteiger partial charge in [-0.2, -0.15) is 0 Å². The van der Waals surface area contributed by atoms with Crippen LogP contribution in [0.15, 0.2) is 23.6 Å². The number of nitrogens with zero attached hydrogens (tertiary/aromatic N) is 1. The normalized spacial score (nSPS) is 10.5. The fourth-order valence-electron chi connectivity index (χ4n) is 1.49. The number of benzene rings is 1. The van der Waals surface area contributed by atoms with Gasteiger partial charge in [-0.25, -0.2) is 4.98 Å². The first-order chi connectivity index (χ1) is 8.11. The number of hydrogen-bond acceptors (Lipinski definition) is 3. The van der Waals surface area contributed by atoms with Crippen molar-refractivity contribution in [1.82, 2.24) is 4.98 Å². The van der Waals surface area contributed by atoms with Crippen molar-refractivity contribution >= 4 is 28.7 Å². The summed E-state index contributed by atoms with van der Waals surface area (Å²) in [4.78, 5) is 15.7. The molecule has 0 N–H and O–H groups in total. The number of rotatable bonds is 3. The molecule has 0 bridgehead atoms. The van der Waals surface area contributed by atoms with Gasteiger partial charge in [-0.05, 0) is 31.0 Å². The number of carbonyl (C=O) groups is 1. The molecule has 17 heavy (non-hydrogen) atoms. The summed E-state index contributed by atoms with van der Waals surface area (Å²) < 4.78 is 0. The predicted octanol–water partition coefficient (Wildman–Crippen LogP) is 3.85. The zero-order valence-corrected chi connectivity index (χ0v) is 11.2. The van der Waals surface area contributed by atoms with Crippen molar-refractivity contribution in [1.29, 1.82) is 0 Å². The van der Waals surface area contributed by atoms with Crippen molar-refractivity contribution in [2.45, 2.75) is 13.8 Å². The number of aromatic nitrogens is 1. The number of aryl methyl sites for hydroxylation is 2. The average molecular weight is 266 g/mol. The lowest BCUT2D eigenvalue weighted by atomic mass is 10.1. The van der Waals surface area contributed by atoms with Crippen LogP contribution in [0.5, 0.6) is 0 Å². The van der Waals surface area contributed by atoms with E-state index in [-0.39, 0.29) is 11.7 Å². The van der Waals surface area contributed by atoms with Gasteiger partial charge >= 0.3 is 0 Å². The summed E-state index contributed by atoms with van der Waals surface area (Å²) in [5.74, 6) is -0.133. The highest BCUT2D eigenvalue weighted by Crippen LogP contribution is 2.24. The molecule has 0 unspecified atom stereocenters. The third-order valence-electron chi connectivity index (χ3n) is 2.67. The molecule has 2 aromatic rings. The first-order valence-electron chi connectivity index (χ1n) is 5.24. The molecule has 1 aromatic carbocycles. The Morgan fingerprint density at radius 3 is 2.76 bits per heavy atom. The molecule has 0 spiro atoms. The van der Waals surface area contributed by atoms with E-state index in [0.717, 1.165) is 11.3 Å². The zero-order valence-electron chi connectivity index (χ0n) is 9.66. The smallest absolute Gasteiger partial charge is 0.206 e. The molecule has 0 amide bonds. The first kappa shape index (κ1) is 12.3. The van der Waals surface area contributed by atoms with Gasteiger partial charge in [-0.3, -0.25) is 4.79 Å². The molecule has 0 atom stereocenters. The number of Topliss-reactive ketones (excluding diaryl/α,β-unsaturated/α-hetero) is 1. The van der Waals surface area contributed by atoms with Crippen molar-refractivity contribution in [3.05, 3.63) is 39.7 Å². The fourth-order valence-corrected chi connectivity index (χ4v) is 2.46. The second kappa shape index (κ2) is 4.98. The van der Waals surface area contributed by atoms with Crippen LogP contribution in [-0.2, 0) is 0 Å². The van der Waals surface area contributed by atoms with Crippen molar-refractivity contribution in [2.75, 3.05) is 5.88 Å². The lowest BCUT2D eigenvalue weighted by molar-refractivity contribution is 0.102. The number of carbonyl (C=O) groups excluding carboxylic acids is 1. The van der Waals surface area contributed by atoms with Crippen LogP contribution in [0, 0.1) is 13.8 Å². The Morgan fingerprint density at radius 1 is 1.35 bits per heavy atom. The Bertz CT molecular complexity index is 562. The largest absolute Gasteiger partial charge is 0.290 e. The summed E-state index contributed by atoms with van der Waals surface area (Å²) in [5, 5.41) is 2.37. The summed E-state index contributed by atoms with van der Waals surface area (Å²) in [7, 11) is 0. The Labute approximate surface area is 109 Å². The van der Waals surface area contributed by atoms with Crippen LogP contribution in [0.3, 0.4) is 0 Å². The Hall–Kier alpha value is -1.19. The quantitative estimate of drug-likeness (QED) is 0.623. The number of hydrogen-bond donors (Lipinski definition) is 0. The van der Waals surface area contributed by atoms with Crippen LogP contribution in [0.4, 0.5) is 0 Å². The minimum Gasteiger partial charge on any atom is -0.290 e. The van der Waals surface area contributed by atoms with Crippen LogP contribution >= 0.6 is 22.9 Å².